The second-order valence-electron chi connectivity index (χ2n) is 5.62. The molecule has 0 amide bonds. The standard InChI is InChI=1S/C18H31NO/c1-5-8-15(4)18(19-13-6-2)16-9-11-17(12-10-16)20-14-7-3/h9-12,15,18-19H,5-8,13-14H2,1-4H3. The summed E-state index contributed by atoms with van der Waals surface area (Å²) < 4.78 is 5.66. The Labute approximate surface area is 124 Å². The highest BCUT2D eigenvalue weighted by molar-refractivity contribution is 5.29. The maximum Gasteiger partial charge on any atom is 0.119 e. The van der Waals surface area contributed by atoms with Crippen LogP contribution in [0.15, 0.2) is 24.3 Å². The minimum Gasteiger partial charge on any atom is -0.494 e. The lowest BCUT2D eigenvalue weighted by atomic mass is 9.91. The smallest absolute Gasteiger partial charge is 0.119 e. The molecule has 0 bridgehead atoms. The van der Waals surface area contributed by atoms with Crippen molar-refractivity contribution >= 4 is 0 Å². The van der Waals surface area contributed by atoms with Crippen molar-refractivity contribution in [2.75, 3.05) is 13.2 Å². The van der Waals surface area contributed by atoms with Crippen LogP contribution in [0.4, 0.5) is 0 Å². The van der Waals surface area contributed by atoms with Crippen LogP contribution >= 0.6 is 0 Å². The molecule has 0 saturated heterocycles. The molecule has 1 N–H and O–H groups in total. The van der Waals surface area contributed by atoms with Gasteiger partial charge in [0.25, 0.3) is 0 Å². The van der Waals surface area contributed by atoms with Gasteiger partial charge < -0.3 is 10.1 Å². The maximum absolute atomic E-state index is 5.66. The first-order chi connectivity index (χ1) is 9.72. The van der Waals surface area contributed by atoms with Gasteiger partial charge in [-0.05, 0) is 49.4 Å². The van der Waals surface area contributed by atoms with Crippen molar-refractivity contribution in [3.8, 4) is 5.75 Å². The molecule has 0 saturated carbocycles. The van der Waals surface area contributed by atoms with Crippen LogP contribution in [0.25, 0.3) is 0 Å². The molecule has 0 fully saturated rings. The molecule has 0 aliphatic carbocycles. The zero-order chi connectivity index (χ0) is 14.8. The Balaban J connectivity index is 2.73. The quantitative estimate of drug-likeness (QED) is 0.653. The molecule has 0 radical (unpaired) electrons. The molecule has 1 aromatic rings. The van der Waals surface area contributed by atoms with Gasteiger partial charge in [-0.1, -0.05) is 46.2 Å². The van der Waals surface area contributed by atoms with Gasteiger partial charge >= 0.3 is 0 Å². The number of hydrogen-bond donors (Lipinski definition) is 1. The third kappa shape index (κ3) is 5.54. The highest BCUT2D eigenvalue weighted by atomic mass is 16.5. The molecule has 2 unspecified atom stereocenters. The van der Waals surface area contributed by atoms with Gasteiger partial charge in [0.2, 0.25) is 0 Å². The molecule has 0 aliphatic heterocycles. The van der Waals surface area contributed by atoms with E-state index in [4.69, 9.17) is 4.74 Å². The van der Waals surface area contributed by atoms with Gasteiger partial charge in [0.1, 0.15) is 5.75 Å². The summed E-state index contributed by atoms with van der Waals surface area (Å²) in [4.78, 5) is 0. The van der Waals surface area contributed by atoms with Crippen molar-refractivity contribution in [2.24, 2.45) is 5.92 Å². The molecule has 0 aromatic heterocycles. The molecule has 1 aromatic carbocycles. The van der Waals surface area contributed by atoms with Crippen LogP contribution in [0.1, 0.15) is 65.0 Å². The molecule has 2 atom stereocenters. The summed E-state index contributed by atoms with van der Waals surface area (Å²) in [7, 11) is 0. The van der Waals surface area contributed by atoms with Crippen molar-refractivity contribution in [3.63, 3.8) is 0 Å². The van der Waals surface area contributed by atoms with E-state index in [0.29, 0.717) is 12.0 Å². The molecule has 0 aliphatic rings. The number of hydrogen-bond acceptors (Lipinski definition) is 2. The lowest BCUT2D eigenvalue weighted by Crippen LogP contribution is -2.27. The topological polar surface area (TPSA) is 21.3 Å². The Hall–Kier alpha value is -1.02. The number of ether oxygens (including phenoxy) is 1. The SMILES string of the molecule is CCCNC(c1ccc(OCCC)cc1)C(C)CCC. The Morgan fingerprint density at radius 1 is 1.00 bits per heavy atom. The van der Waals surface area contributed by atoms with Crippen molar-refractivity contribution in [1.82, 2.24) is 5.32 Å². The summed E-state index contributed by atoms with van der Waals surface area (Å²) in [6, 6.07) is 9.08. The third-order valence-electron chi connectivity index (χ3n) is 3.64. The van der Waals surface area contributed by atoms with Gasteiger partial charge in [0.05, 0.1) is 6.61 Å². The van der Waals surface area contributed by atoms with Gasteiger partial charge in [-0.15, -0.1) is 0 Å². The lowest BCUT2D eigenvalue weighted by molar-refractivity contribution is 0.316. The largest absolute Gasteiger partial charge is 0.494 e. The number of rotatable bonds is 10. The first kappa shape index (κ1) is 17.0. The van der Waals surface area contributed by atoms with E-state index < -0.39 is 0 Å². The van der Waals surface area contributed by atoms with E-state index in [-0.39, 0.29) is 0 Å². The van der Waals surface area contributed by atoms with Crippen LogP contribution < -0.4 is 10.1 Å². The summed E-state index contributed by atoms with van der Waals surface area (Å²) in [6.07, 6.45) is 4.72. The molecule has 114 valence electrons. The van der Waals surface area contributed by atoms with Crippen LogP contribution in [-0.2, 0) is 0 Å². The predicted molar refractivity (Wildman–Crippen MR) is 87.3 cm³/mol. The zero-order valence-electron chi connectivity index (χ0n) is 13.6. The maximum atomic E-state index is 5.66. The fourth-order valence-electron chi connectivity index (χ4n) is 2.56. The van der Waals surface area contributed by atoms with Gasteiger partial charge in [0.15, 0.2) is 0 Å². The first-order valence-electron chi connectivity index (χ1n) is 8.19. The van der Waals surface area contributed by atoms with Crippen molar-refractivity contribution in [3.05, 3.63) is 29.8 Å². The van der Waals surface area contributed by atoms with Crippen LogP contribution in [0.3, 0.4) is 0 Å². The Kier molecular flexibility index (Phi) is 8.36. The summed E-state index contributed by atoms with van der Waals surface area (Å²) >= 11 is 0. The molecule has 1 rings (SSSR count). The average Bonchev–Trinajstić information content (AvgIpc) is 2.47. The molecule has 0 spiro atoms. The van der Waals surface area contributed by atoms with Crippen LogP contribution in [0.5, 0.6) is 5.75 Å². The number of benzene rings is 1. The van der Waals surface area contributed by atoms with E-state index in [0.717, 1.165) is 25.3 Å². The van der Waals surface area contributed by atoms with Crippen LogP contribution in [0, 0.1) is 5.92 Å². The summed E-state index contributed by atoms with van der Waals surface area (Å²) in [5, 5.41) is 3.69. The van der Waals surface area contributed by atoms with Crippen molar-refractivity contribution < 1.29 is 4.74 Å². The van der Waals surface area contributed by atoms with Gasteiger partial charge in [0, 0.05) is 6.04 Å². The van der Waals surface area contributed by atoms with Gasteiger partial charge in [-0.25, -0.2) is 0 Å². The second-order valence-corrected chi connectivity index (χ2v) is 5.62. The first-order valence-corrected chi connectivity index (χ1v) is 8.19. The van der Waals surface area contributed by atoms with E-state index in [1.54, 1.807) is 0 Å². The fraction of sp³-hybridized carbons (Fsp3) is 0.667. The highest BCUT2D eigenvalue weighted by Crippen LogP contribution is 2.27. The summed E-state index contributed by atoms with van der Waals surface area (Å²) in [6.45, 7) is 10.8. The van der Waals surface area contributed by atoms with Crippen molar-refractivity contribution in [2.45, 2.75) is 59.4 Å². The van der Waals surface area contributed by atoms with E-state index in [1.165, 1.54) is 24.8 Å². The van der Waals surface area contributed by atoms with Gasteiger partial charge in [-0.2, -0.15) is 0 Å². The molecular weight excluding hydrogens is 246 g/mol. The Morgan fingerprint density at radius 3 is 2.25 bits per heavy atom. The van der Waals surface area contributed by atoms with Gasteiger partial charge in [-0.3, -0.25) is 0 Å². The molecule has 2 nitrogen and oxygen atoms in total. The normalized spacial score (nSPS) is 14.0. The van der Waals surface area contributed by atoms with E-state index >= 15 is 0 Å². The fourth-order valence-corrected chi connectivity index (χ4v) is 2.56. The molecule has 2 heteroatoms. The summed E-state index contributed by atoms with van der Waals surface area (Å²) in [5.74, 6) is 1.64. The van der Waals surface area contributed by atoms with E-state index in [9.17, 15) is 0 Å². The van der Waals surface area contributed by atoms with Crippen LogP contribution in [-0.4, -0.2) is 13.2 Å². The Bertz CT molecular complexity index is 347. The number of nitrogens with one attached hydrogen (secondary N) is 1. The molecular formula is C18H31NO. The predicted octanol–water partition coefficient (Wildman–Crippen LogP) is 4.95. The van der Waals surface area contributed by atoms with E-state index in [2.05, 4.69) is 57.3 Å². The minimum absolute atomic E-state index is 0.454. The zero-order valence-corrected chi connectivity index (χ0v) is 13.6. The summed E-state index contributed by atoms with van der Waals surface area (Å²) in [5.41, 5.74) is 1.38. The third-order valence-corrected chi connectivity index (χ3v) is 3.64. The lowest BCUT2D eigenvalue weighted by Gasteiger charge is -2.25. The molecule has 0 heterocycles. The van der Waals surface area contributed by atoms with E-state index in [1.807, 2.05) is 0 Å². The van der Waals surface area contributed by atoms with Crippen LogP contribution in [0.2, 0.25) is 0 Å². The monoisotopic (exact) mass is 277 g/mol. The molecule has 20 heavy (non-hydrogen) atoms. The average molecular weight is 277 g/mol. The Morgan fingerprint density at radius 2 is 1.70 bits per heavy atom. The second kappa shape index (κ2) is 9.82. The minimum atomic E-state index is 0.454. The highest BCUT2D eigenvalue weighted by Gasteiger charge is 2.17. The van der Waals surface area contributed by atoms with Crippen molar-refractivity contribution in [1.29, 1.82) is 0 Å².